The van der Waals surface area contributed by atoms with E-state index in [1.807, 2.05) is 20.8 Å². The van der Waals surface area contributed by atoms with E-state index in [1.165, 1.54) is 13.2 Å². The zero-order chi connectivity index (χ0) is 55.8. The zero-order valence-corrected chi connectivity index (χ0v) is 45.3. The molecule has 8 fully saturated rings. The van der Waals surface area contributed by atoms with Gasteiger partial charge < -0.3 is 109 Å². The molecule has 0 aromatic carbocycles. The molecule has 76 heavy (non-hydrogen) atoms. The fraction of sp³-hybridized carbons (Fsp3) is 0.944. The summed E-state index contributed by atoms with van der Waals surface area (Å²) in [5, 5.41) is 139. The van der Waals surface area contributed by atoms with E-state index >= 15 is 0 Å². The Morgan fingerprint density at radius 2 is 1.16 bits per heavy atom. The third kappa shape index (κ3) is 10.5. The quantitative estimate of drug-likeness (QED) is 0.0503. The highest BCUT2D eigenvalue weighted by atomic mass is 16.8. The molecule has 8 rings (SSSR count). The molecule has 4 heterocycles. The van der Waals surface area contributed by atoms with Crippen LogP contribution in [0, 0.1) is 45.3 Å². The van der Waals surface area contributed by atoms with Crippen molar-refractivity contribution in [3.05, 3.63) is 11.6 Å². The number of aldehydes is 1. The third-order valence-electron chi connectivity index (χ3n) is 20.7. The number of hydrogen-bond donors (Lipinski definition) is 13. The van der Waals surface area contributed by atoms with Crippen LogP contribution in [0.3, 0.4) is 0 Å². The maximum atomic E-state index is 14.2. The zero-order valence-electron chi connectivity index (χ0n) is 45.3. The fourth-order valence-corrected chi connectivity index (χ4v) is 16.0. The highest BCUT2D eigenvalue weighted by molar-refractivity contribution is 5.62. The van der Waals surface area contributed by atoms with Crippen molar-refractivity contribution < 1.29 is 109 Å². The Morgan fingerprint density at radius 1 is 0.592 bits per heavy atom. The molecule has 13 N–H and O–H groups in total. The van der Waals surface area contributed by atoms with E-state index in [2.05, 4.69) is 33.8 Å². The van der Waals surface area contributed by atoms with E-state index in [4.69, 9.17) is 37.9 Å². The van der Waals surface area contributed by atoms with Crippen LogP contribution in [0.25, 0.3) is 0 Å². The molecular formula is C54H90O22. The van der Waals surface area contributed by atoms with Crippen molar-refractivity contribution in [3.8, 4) is 0 Å². The molecule has 0 aromatic rings. The Morgan fingerprint density at radius 3 is 1.79 bits per heavy atom. The molecule has 29 unspecified atom stereocenters. The normalized spacial score (nSPS) is 52.1. The minimum atomic E-state index is -1.83. The van der Waals surface area contributed by atoms with Crippen LogP contribution in [0.4, 0.5) is 0 Å². The summed E-state index contributed by atoms with van der Waals surface area (Å²) < 4.78 is 49.1. The monoisotopic (exact) mass is 1090 g/mol. The van der Waals surface area contributed by atoms with Gasteiger partial charge in [0.2, 0.25) is 0 Å². The maximum absolute atomic E-state index is 14.2. The van der Waals surface area contributed by atoms with E-state index in [1.54, 1.807) is 0 Å². The van der Waals surface area contributed by atoms with Crippen LogP contribution in [0.2, 0.25) is 0 Å². The second kappa shape index (κ2) is 23.1. The lowest BCUT2D eigenvalue weighted by molar-refractivity contribution is -0.378. The molecule has 0 bridgehead atoms. The molecule has 8 aliphatic rings. The van der Waals surface area contributed by atoms with Crippen LogP contribution in [0.1, 0.15) is 120 Å². The first-order chi connectivity index (χ1) is 35.7. The summed E-state index contributed by atoms with van der Waals surface area (Å²) in [6.45, 7) is 14.5. The van der Waals surface area contributed by atoms with Gasteiger partial charge in [0.05, 0.1) is 37.6 Å². The molecule has 22 heteroatoms. The Bertz CT molecular complexity index is 1990. The number of hydrogen-bond acceptors (Lipinski definition) is 22. The minimum Gasteiger partial charge on any atom is -0.394 e. The summed E-state index contributed by atoms with van der Waals surface area (Å²) in [4.78, 5) is 14.2. The van der Waals surface area contributed by atoms with Crippen LogP contribution in [-0.2, 0) is 42.7 Å². The lowest BCUT2D eigenvalue weighted by Gasteiger charge is -2.69. The summed E-state index contributed by atoms with van der Waals surface area (Å²) in [5.74, 6) is -0.171. The lowest BCUT2D eigenvalue weighted by atomic mass is 9.35. The minimum absolute atomic E-state index is 0.0295. The fourth-order valence-electron chi connectivity index (χ4n) is 16.0. The molecule has 0 spiro atoms. The van der Waals surface area contributed by atoms with Gasteiger partial charge >= 0.3 is 0 Å². The predicted octanol–water partition coefficient (Wildman–Crippen LogP) is -0.967. The number of rotatable bonds is 16. The van der Waals surface area contributed by atoms with Crippen molar-refractivity contribution in [2.24, 2.45) is 45.3 Å². The molecule has 22 nitrogen and oxygen atoms in total. The molecule has 0 aromatic heterocycles. The van der Waals surface area contributed by atoms with Crippen LogP contribution in [-0.4, -0.2) is 227 Å². The number of fused-ring (bicyclic) bond motifs is 5. The molecule has 4 aliphatic heterocycles. The summed E-state index contributed by atoms with van der Waals surface area (Å²) in [7, 11) is 0. The number of carbonyl (C=O) groups is 1. The maximum Gasteiger partial charge on any atom is 0.187 e. The Balaban J connectivity index is 1.01. The molecule has 0 amide bonds. The molecule has 4 aliphatic carbocycles. The second-order valence-corrected chi connectivity index (χ2v) is 25.3. The topological polar surface area (TPSA) is 354 Å². The first kappa shape index (κ1) is 60.7. The van der Waals surface area contributed by atoms with Gasteiger partial charge in [-0.15, -0.1) is 0 Å². The number of allylic oxidation sites excluding steroid dienone is 2. The Hall–Kier alpha value is -1.43. The van der Waals surface area contributed by atoms with Crippen molar-refractivity contribution in [3.63, 3.8) is 0 Å². The molecular weight excluding hydrogens is 1000 g/mol. The van der Waals surface area contributed by atoms with Crippen LogP contribution < -0.4 is 0 Å². The summed E-state index contributed by atoms with van der Waals surface area (Å²) in [6.07, 6.45) is -21.1. The van der Waals surface area contributed by atoms with Gasteiger partial charge in [0, 0.05) is 5.41 Å². The second-order valence-electron chi connectivity index (χ2n) is 25.3. The Labute approximate surface area is 445 Å². The Kier molecular flexibility index (Phi) is 18.4. The van der Waals surface area contributed by atoms with Gasteiger partial charge in [-0.1, -0.05) is 39.3 Å². The van der Waals surface area contributed by atoms with E-state index in [0.717, 1.165) is 37.7 Å². The van der Waals surface area contributed by atoms with Gasteiger partial charge in [0.1, 0.15) is 97.8 Å². The lowest BCUT2D eigenvalue weighted by Crippen LogP contribution is -2.67. The number of aliphatic hydroxyl groups is 13. The van der Waals surface area contributed by atoms with Crippen molar-refractivity contribution in [1.29, 1.82) is 0 Å². The van der Waals surface area contributed by atoms with Crippen molar-refractivity contribution in [2.75, 3.05) is 19.8 Å². The van der Waals surface area contributed by atoms with Gasteiger partial charge in [-0.2, -0.15) is 0 Å². The molecule has 29 atom stereocenters. The largest absolute Gasteiger partial charge is 0.394 e. The first-order valence-corrected chi connectivity index (χ1v) is 27.7. The van der Waals surface area contributed by atoms with Crippen molar-refractivity contribution >= 4 is 6.29 Å². The van der Waals surface area contributed by atoms with E-state index in [9.17, 15) is 71.2 Å². The summed E-state index contributed by atoms with van der Waals surface area (Å²) >= 11 is 0. The molecule has 4 saturated heterocycles. The predicted molar refractivity (Wildman–Crippen MR) is 264 cm³/mol. The average Bonchev–Trinajstić information content (AvgIpc) is 3.90. The van der Waals surface area contributed by atoms with E-state index in [-0.39, 0.29) is 34.5 Å². The van der Waals surface area contributed by atoms with Gasteiger partial charge in [-0.25, -0.2) is 0 Å². The third-order valence-corrected chi connectivity index (χ3v) is 20.7. The smallest absolute Gasteiger partial charge is 0.187 e. The van der Waals surface area contributed by atoms with E-state index < -0.39 is 165 Å². The van der Waals surface area contributed by atoms with Crippen LogP contribution >= 0.6 is 0 Å². The summed E-state index contributed by atoms with van der Waals surface area (Å²) in [6, 6.07) is 0. The van der Waals surface area contributed by atoms with Crippen LogP contribution in [0.5, 0.6) is 0 Å². The van der Waals surface area contributed by atoms with Gasteiger partial charge in [-0.3, -0.25) is 0 Å². The van der Waals surface area contributed by atoms with Crippen LogP contribution in [0.15, 0.2) is 11.6 Å². The number of aliphatic hydroxyl groups excluding tert-OH is 13. The first-order valence-electron chi connectivity index (χ1n) is 27.7. The van der Waals surface area contributed by atoms with Crippen molar-refractivity contribution in [2.45, 2.75) is 254 Å². The molecule has 438 valence electrons. The average molecular weight is 1090 g/mol. The standard InChI is InChI=1S/C54H90O22/c1-24(2)10-9-16-53(8,76-48-44(68)40(64)37(61)30(73-48)22-69-46-42(66)38(62)34(58)25(3)70-46)27-13-17-51(6)26(27)11-12-32-52(51,7)18-14-31-50(4,5)33(15-19-54(31,32)23-57)74-49-45(41(65)36(60)29(21-56)72-49)75-47-43(67)39(63)35(59)28(20-55)71-47/h10,23,25-49,55-56,58-68H,9,11-22H2,1-8H3. The molecule has 0 radical (unpaired) electrons. The SMILES string of the molecule is CC(C)=CCCC(C)(OC1OC(COC2OC(C)C(O)C(O)C2O)C(O)C(O)C1O)C1CCC2(C)C1CCC1C3(C=O)CCC(OC4OC(CO)C(O)C(O)C4OC4OC(CO)C(O)C(O)C4O)C(C)(C)C3CCC12C. The number of ether oxygens (including phenoxy) is 8. The van der Waals surface area contributed by atoms with Gasteiger partial charge in [0.25, 0.3) is 0 Å². The summed E-state index contributed by atoms with van der Waals surface area (Å²) in [5.41, 5.74) is -1.89. The highest BCUT2D eigenvalue weighted by Crippen LogP contribution is 2.76. The number of carbonyl (C=O) groups excluding carboxylic acids is 1. The van der Waals surface area contributed by atoms with Gasteiger partial charge in [-0.05, 0) is 132 Å². The van der Waals surface area contributed by atoms with Crippen molar-refractivity contribution in [1.82, 2.24) is 0 Å². The molecule has 4 saturated carbocycles. The highest BCUT2D eigenvalue weighted by Gasteiger charge is 2.72. The van der Waals surface area contributed by atoms with E-state index in [0.29, 0.717) is 32.1 Å². The van der Waals surface area contributed by atoms with Gasteiger partial charge in [0.15, 0.2) is 25.2 Å².